The molecule has 1 aromatic rings. The van der Waals surface area contributed by atoms with E-state index in [1.807, 2.05) is 20.8 Å². The van der Waals surface area contributed by atoms with Crippen LogP contribution in [0.5, 0.6) is 0 Å². The number of aromatic nitrogens is 1. The summed E-state index contributed by atoms with van der Waals surface area (Å²) in [6, 6.07) is 0. The van der Waals surface area contributed by atoms with E-state index in [1.165, 1.54) is 0 Å². The second-order valence-corrected chi connectivity index (χ2v) is 6.23. The summed E-state index contributed by atoms with van der Waals surface area (Å²) in [6.07, 6.45) is 0.824. The third kappa shape index (κ3) is 2.81. The van der Waals surface area contributed by atoms with Crippen LogP contribution in [-0.4, -0.2) is 29.3 Å². The zero-order valence-electron chi connectivity index (χ0n) is 11.9. The topological polar surface area (TPSA) is 72.6 Å². The molecule has 1 aliphatic rings. The van der Waals surface area contributed by atoms with E-state index < -0.39 is 5.97 Å². The molecule has 5 nitrogen and oxygen atoms in total. The van der Waals surface area contributed by atoms with E-state index in [-0.39, 0.29) is 17.1 Å². The summed E-state index contributed by atoms with van der Waals surface area (Å²) < 4.78 is 10.9. The molecule has 0 amide bonds. The van der Waals surface area contributed by atoms with Gasteiger partial charge in [-0.15, -0.1) is 0 Å². The van der Waals surface area contributed by atoms with Crippen molar-refractivity contribution < 1.29 is 19.1 Å². The van der Waals surface area contributed by atoms with E-state index in [4.69, 9.17) is 9.15 Å². The quantitative estimate of drug-likeness (QED) is 0.892. The van der Waals surface area contributed by atoms with Crippen LogP contribution in [0.15, 0.2) is 4.42 Å². The van der Waals surface area contributed by atoms with Gasteiger partial charge in [0.05, 0.1) is 5.69 Å². The molecular formula is C14H21NO4. The standard InChI is InChI=1S/C14H21NO4/c1-8-7-18-6-5-9(8)12-15-11(14(2,3)4)10(19-12)13(16)17/h8-9H,5-7H2,1-4H3,(H,16,17). The molecule has 0 radical (unpaired) electrons. The Morgan fingerprint density at radius 1 is 1.42 bits per heavy atom. The van der Waals surface area contributed by atoms with Gasteiger partial charge in [0.25, 0.3) is 0 Å². The largest absolute Gasteiger partial charge is 0.475 e. The van der Waals surface area contributed by atoms with E-state index in [2.05, 4.69) is 11.9 Å². The number of hydrogen-bond acceptors (Lipinski definition) is 4. The first-order chi connectivity index (χ1) is 8.80. The first kappa shape index (κ1) is 14.1. The minimum absolute atomic E-state index is 0.0267. The lowest BCUT2D eigenvalue weighted by atomic mass is 9.89. The van der Waals surface area contributed by atoms with Crippen molar-refractivity contribution in [2.24, 2.45) is 5.92 Å². The molecule has 2 rings (SSSR count). The van der Waals surface area contributed by atoms with Crippen molar-refractivity contribution in [2.45, 2.75) is 45.4 Å². The second kappa shape index (κ2) is 4.96. The summed E-state index contributed by atoms with van der Waals surface area (Å²) in [7, 11) is 0. The van der Waals surface area contributed by atoms with Crippen molar-refractivity contribution in [3.05, 3.63) is 17.3 Å². The third-order valence-corrected chi connectivity index (χ3v) is 3.51. The maximum atomic E-state index is 11.3. The van der Waals surface area contributed by atoms with Crippen molar-refractivity contribution in [2.75, 3.05) is 13.2 Å². The van der Waals surface area contributed by atoms with Gasteiger partial charge in [-0.3, -0.25) is 0 Å². The highest BCUT2D eigenvalue weighted by molar-refractivity contribution is 5.86. The highest BCUT2D eigenvalue weighted by Gasteiger charge is 2.34. The van der Waals surface area contributed by atoms with Crippen molar-refractivity contribution >= 4 is 5.97 Å². The molecule has 1 aliphatic heterocycles. The van der Waals surface area contributed by atoms with Crippen LogP contribution in [0.3, 0.4) is 0 Å². The van der Waals surface area contributed by atoms with Crippen molar-refractivity contribution in [1.82, 2.24) is 4.98 Å². The molecule has 2 unspecified atom stereocenters. The van der Waals surface area contributed by atoms with Crippen molar-refractivity contribution in [1.29, 1.82) is 0 Å². The van der Waals surface area contributed by atoms with E-state index in [0.717, 1.165) is 6.42 Å². The van der Waals surface area contributed by atoms with Gasteiger partial charge in [-0.2, -0.15) is 0 Å². The molecule has 1 fully saturated rings. The first-order valence-electron chi connectivity index (χ1n) is 6.63. The van der Waals surface area contributed by atoms with Gasteiger partial charge in [0.15, 0.2) is 5.89 Å². The van der Waals surface area contributed by atoms with Crippen LogP contribution in [0.4, 0.5) is 0 Å². The van der Waals surface area contributed by atoms with Crippen LogP contribution in [0.25, 0.3) is 0 Å². The smallest absolute Gasteiger partial charge is 0.373 e. The molecule has 1 N–H and O–H groups in total. The SMILES string of the molecule is CC1COCCC1c1nc(C(C)(C)C)c(C(=O)O)o1. The fourth-order valence-corrected chi connectivity index (χ4v) is 2.40. The summed E-state index contributed by atoms with van der Waals surface area (Å²) in [5.41, 5.74) is 0.179. The minimum atomic E-state index is -1.05. The van der Waals surface area contributed by atoms with Gasteiger partial charge >= 0.3 is 5.97 Å². The number of carbonyl (C=O) groups is 1. The van der Waals surface area contributed by atoms with Crippen LogP contribution >= 0.6 is 0 Å². The number of aromatic carboxylic acids is 1. The van der Waals surface area contributed by atoms with Crippen LogP contribution in [0.1, 0.15) is 62.2 Å². The Balaban J connectivity index is 2.40. The first-order valence-corrected chi connectivity index (χ1v) is 6.63. The minimum Gasteiger partial charge on any atom is -0.475 e. The lowest BCUT2D eigenvalue weighted by Gasteiger charge is -2.26. The van der Waals surface area contributed by atoms with Gasteiger partial charge in [0.1, 0.15) is 0 Å². The molecule has 1 saturated heterocycles. The zero-order chi connectivity index (χ0) is 14.2. The highest BCUT2D eigenvalue weighted by atomic mass is 16.5. The second-order valence-electron chi connectivity index (χ2n) is 6.23. The molecule has 5 heteroatoms. The number of nitrogens with zero attached hydrogens (tertiary/aromatic N) is 1. The Morgan fingerprint density at radius 2 is 2.11 bits per heavy atom. The monoisotopic (exact) mass is 267 g/mol. The molecule has 1 aromatic heterocycles. The maximum Gasteiger partial charge on any atom is 0.373 e. The molecule has 0 spiro atoms. The number of rotatable bonds is 2. The Morgan fingerprint density at radius 3 is 2.58 bits per heavy atom. The van der Waals surface area contributed by atoms with Crippen LogP contribution in [-0.2, 0) is 10.2 Å². The molecule has 0 bridgehead atoms. The molecule has 2 atom stereocenters. The molecule has 19 heavy (non-hydrogen) atoms. The fourth-order valence-electron chi connectivity index (χ4n) is 2.40. The number of ether oxygens (including phenoxy) is 1. The highest BCUT2D eigenvalue weighted by Crippen LogP contribution is 2.35. The average Bonchev–Trinajstić information content (AvgIpc) is 2.74. The lowest BCUT2D eigenvalue weighted by molar-refractivity contribution is 0.0398. The summed E-state index contributed by atoms with van der Waals surface area (Å²) in [6.45, 7) is 9.23. The maximum absolute atomic E-state index is 11.3. The van der Waals surface area contributed by atoms with Crippen LogP contribution in [0.2, 0.25) is 0 Å². The summed E-state index contributed by atoms with van der Waals surface area (Å²) in [5, 5.41) is 9.25. The zero-order valence-corrected chi connectivity index (χ0v) is 11.9. The van der Waals surface area contributed by atoms with Gasteiger partial charge in [-0.1, -0.05) is 27.7 Å². The normalized spacial score (nSPS) is 24.4. The molecule has 0 saturated carbocycles. The Hall–Kier alpha value is -1.36. The van der Waals surface area contributed by atoms with Gasteiger partial charge in [-0.25, -0.2) is 9.78 Å². The van der Waals surface area contributed by atoms with E-state index in [0.29, 0.717) is 30.7 Å². The van der Waals surface area contributed by atoms with E-state index in [9.17, 15) is 9.90 Å². The predicted octanol–water partition coefficient (Wildman–Crippen LogP) is 2.81. The molecule has 0 aromatic carbocycles. The van der Waals surface area contributed by atoms with Crippen LogP contribution in [0, 0.1) is 5.92 Å². The lowest BCUT2D eigenvalue weighted by Crippen LogP contribution is -2.24. The van der Waals surface area contributed by atoms with Gasteiger partial charge < -0.3 is 14.3 Å². The summed E-state index contributed by atoms with van der Waals surface area (Å²) in [4.78, 5) is 15.8. The Labute approximate surface area is 113 Å². The Kier molecular flexibility index (Phi) is 3.67. The summed E-state index contributed by atoms with van der Waals surface area (Å²) in [5.74, 6) is -0.104. The van der Waals surface area contributed by atoms with Crippen LogP contribution < -0.4 is 0 Å². The number of oxazole rings is 1. The third-order valence-electron chi connectivity index (χ3n) is 3.51. The summed E-state index contributed by atoms with van der Waals surface area (Å²) >= 11 is 0. The van der Waals surface area contributed by atoms with Gasteiger partial charge in [0, 0.05) is 24.5 Å². The predicted molar refractivity (Wildman–Crippen MR) is 69.5 cm³/mol. The number of carboxylic acid groups (broad SMARTS) is 1. The Bertz CT molecular complexity index is 472. The molecule has 106 valence electrons. The fraction of sp³-hybridized carbons (Fsp3) is 0.714. The number of carboxylic acids is 1. The van der Waals surface area contributed by atoms with Crippen molar-refractivity contribution in [3.63, 3.8) is 0 Å². The van der Waals surface area contributed by atoms with Gasteiger partial charge in [0.2, 0.25) is 5.76 Å². The van der Waals surface area contributed by atoms with Gasteiger partial charge in [-0.05, 0) is 12.3 Å². The molecular weight excluding hydrogens is 246 g/mol. The van der Waals surface area contributed by atoms with E-state index in [1.54, 1.807) is 0 Å². The average molecular weight is 267 g/mol. The molecule has 2 heterocycles. The number of hydrogen-bond donors (Lipinski definition) is 1. The van der Waals surface area contributed by atoms with Crippen molar-refractivity contribution in [3.8, 4) is 0 Å². The van der Waals surface area contributed by atoms with E-state index >= 15 is 0 Å². The molecule has 0 aliphatic carbocycles.